The number of amides is 1. The first-order valence-electron chi connectivity index (χ1n) is 6.02. The number of hydrogen-bond acceptors (Lipinski definition) is 2. The molecule has 0 fully saturated rings. The summed E-state index contributed by atoms with van der Waals surface area (Å²) in [5.74, 6) is -0.141. The van der Waals surface area contributed by atoms with E-state index < -0.39 is 0 Å². The first kappa shape index (κ1) is 14.5. The van der Waals surface area contributed by atoms with Crippen LogP contribution in [-0.2, 0) is 11.4 Å². The molecule has 3 heteroatoms. The SMILES string of the molecule is C/C(=C/C(=O)Nc1cccc(CO)c1)C(C)(C)C. The molecule has 0 heterocycles. The normalized spacial score (nSPS) is 12.4. The minimum atomic E-state index is -0.141. The van der Waals surface area contributed by atoms with E-state index in [1.54, 1.807) is 18.2 Å². The van der Waals surface area contributed by atoms with Gasteiger partial charge >= 0.3 is 0 Å². The number of carbonyl (C=O) groups is 1. The molecule has 1 aromatic rings. The number of benzene rings is 1. The summed E-state index contributed by atoms with van der Waals surface area (Å²) in [6.07, 6.45) is 1.62. The van der Waals surface area contributed by atoms with Crippen molar-refractivity contribution in [3.05, 3.63) is 41.5 Å². The molecular weight excluding hydrogens is 226 g/mol. The highest BCUT2D eigenvalue weighted by atomic mass is 16.3. The Labute approximate surface area is 109 Å². The standard InChI is InChI=1S/C15H21NO2/c1-11(15(2,3)4)8-14(18)16-13-7-5-6-12(9-13)10-17/h5-9,17H,10H2,1-4H3,(H,16,18)/b11-8-. The first-order valence-corrected chi connectivity index (χ1v) is 6.02. The average molecular weight is 247 g/mol. The molecule has 2 N–H and O–H groups in total. The van der Waals surface area contributed by atoms with E-state index in [2.05, 4.69) is 26.1 Å². The molecule has 1 aromatic carbocycles. The fourth-order valence-corrected chi connectivity index (χ4v) is 1.34. The topological polar surface area (TPSA) is 49.3 Å². The van der Waals surface area contributed by atoms with E-state index in [1.807, 2.05) is 19.1 Å². The largest absolute Gasteiger partial charge is 0.392 e. The molecule has 18 heavy (non-hydrogen) atoms. The second-order valence-corrected chi connectivity index (χ2v) is 5.43. The van der Waals surface area contributed by atoms with Gasteiger partial charge in [0.25, 0.3) is 0 Å². The average Bonchev–Trinajstić information content (AvgIpc) is 2.27. The number of aliphatic hydroxyl groups is 1. The maximum Gasteiger partial charge on any atom is 0.248 e. The van der Waals surface area contributed by atoms with Gasteiger partial charge in [0, 0.05) is 11.8 Å². The van der Waals surface area contributed by atoms with E-state index >= 15 is 0 Å². The van der Waals surface area contributed by atoms with Crippen LogP contribution in [0.2, 0.25) is 0 Å². The molecule has 0 unspecified atom stereocenters. The number of carbonyl (C=O) groups excluding carboxylic acids is 1. The Balaban J connectivity index is 2.76. The quantitative estimate of drug-likeness (QED) is 0.806. The molecule has 1 rings (SSSR count). The lowest BCUT2D eigenvalue weighted by molar-refractivity contribution is -0.112. The van der Waals surface area contributed by atoms with Crippen LogP contribution in [0.25, 0.3) is 0 Å². The van der Waals surface area contributed by atoms with E-state index in [1.165, 1.54) is 0 Å². The molecule has 0 aliphatic heterocycles. The first-order chi connectivity index (χ1) is 8.32. The highest BCUT2D eigenvalue weighted by Crippen LogP contribution is 2.24. The number of allylic oxidation sites excluding steroid dienone is 1. The van der Waals surface area contributed by atoms with Gasteiger partial charge in [0.05, 0.1) is 6.61 Å². The van der Waals surface area contributed by atoms with Gasteiger partial charge in [-0.3, -0.25) is 4.79 Å². The molecule has 0 aliphatic carbocycles. The van der Waals surface area contributed by atoms with Crippen LogP contribution in [0.4, 0.5) is 5.69 Å². The molecule has 98 valence electrons. The van der Waals surface area contributed by atoms with Crippen LogP contribution in [0.3, 0.4) is 0 Å². The van der Waals surface area contributed by atoms with Gasteiger partial charge in [-0.05, 0) is 30.0 Å². The third kappa shape index (κ3) is 4.34. The van der Waals surface area contributed by atoms with E-state index in [-0.39, 0.29) is 17.9 Å². The fourth-order valence-electron chi connectivity index (χ4n) is 1.34. The predicted octanol–water partition coefficient (Wildman–Crippen LogP) is 3.11. The zero-order valence-corrected chi connectivity index (χ0v) is 11.4. The highest BCUT2D eigenvalue weighted by Gasteiger charge is 2.13. The van der Waals surface area contributed by atoms with Crippen molar-refractivity contribution >= 4 is 11.6 Å². The highest BCUT2D eigenvalue weighted by molar-refractivity contribution is 5.99. The van der Waals surface area contributed by atoms with Crippen LogP contribution in [0.5, 0.6) is 0 Å². The summed E-state index contributed by atoms with van der Waals surface area (Å²) in [5, 5.41) is 11.8. The summed E-state index contributed by atoms with van der Waals surface area (Å²) >= 11 is 0. The molecular formula is C15H21NO2. The smallest absolute Gasteiger partial charge is 0.248 e. The van der Waals surface area contributed by atoms with Gasteiger partial charge < -0.3 is 10.4 Å². The zero-order valence-electron chi connectivity index (χ0n) is 11.4. The van der Waals surface area contributed by atoms with E-state index in [9.17, 15) is 4.79 Å². The summed E-state index contributed by atoms with van der Waals surface area (Å²) in [4.78, 5) is 11.8. The Bertz CT molecular complexity index is 456. The van der Waals surface area contributed by atoms with Crippen molar-refractivity contribution < 1.29 is 9.90 Å². The molecule has 0 radical (unpaired) electrons. The summed E-state index contributed by atoms with van der Waals surface area (Å²) in [6.45, 7) is 8.12. The molecule has 0 aromatic heterocycles. The Kier molecular flexibility index (Phi) is 4.68. The van der Waals surface area contributed by atoms with Crippen molar-refractivity contribution in [3.63, 3.8) is 0 Å². The van der Waals surface area contributed by atoms with Crippen molar-refractivity contribution in [2.24, 2.45) is 5.41 Å². The Hall–Kier alpha value is -1.61. The number of rotatable bonds is 3. The number of aliphatic hydroxyl groups excluding tert-OH is 1. The third-order valence-electron chi connectivity index (χ3n) is 2.91. The Morgan fingerprint density at radius 2 is 2.06 bits per heavy atom. The molecule has 0 atom stereocenters. The number of hydrogen-bond donors (Lipinski definition) is 2. The second-order valence-electron chi connectivity index (χ2n) is 5.43. The molecule has 0 aliphatic rings. The maximum atomic E-state index is 11.8. The van der Waals surface area contributed by atoms with Crippen LogP contribution in [0.15, 0.2) is 35.9 Å². The van der Waals surface area contributed by atoms with Crippen molar-refractivity contribution in [3.8, 4) is 0 Å². The molecule has 0 saturated heterocycles. The molecule has 0 bridgehead atoms. The van der Waals surface area contributed by atoms with Crippen molar-refractivity contribution in [2.75, 3.05) is 5.32 Å². The Morgan fingerprint density at radius 1 is 1.39 bits per heavy atom. The fraction of sp³-hybridized carbons (Fsp3) is 0.400. The van der Waals surface area contributed by atoms with Gasteiger partial charge in [-0.15, -0.1) is 0 Å². The molecule has 1 amide bonds. The summed E-state index contributed by atoms with van der Waals surface area (Å²) < 4.78 is 0. The van der Waals surface area contributed by atoms with Gasteiger partial charge in [-0.2, -0.15) is 0 Å². The van der Waals surface area contributed by atoms with E-state index in [0.29, 0.717) is 5.69 Å². The van der Waals surface area contributed by atoms with Crippen molar-refractivity contribution in [2.45, 2.75) is 34.3 Å². The van der Waals surface area contributed by atoms with Crippen molar-refractivity contribution in [1.82, 2.24) is 0 Å². The summed E-state index contributed by atoms with van der Waals surface area (Å²) in [6, 6.07) is 7.18. The number of nitrogens with one attached hydrogen (secondary N) is 1. The Morgan fingerprint density at radius 3 is 2.61 bits per heavy atom. The van der Waals surface area contributed by atoms with Crippen LogP contribution in [-0.4, -0.2) is 11.0 Å². The van der Waals surface area contributed by atoms with Crippen LogP contribution >= 0.6 is 0 Å². The lowest BCUT2D eigenvalue weighted by Gasteiger charge is -2.19. The summed E-state index contributed by atoms with van der Waals surface area (Å²) in [7, 11) is 0. The minimum absolute atomic E-state index is 0.00964. The van der Waals surface area contributed by atoms with Crippen LogP contribution in [0, 0.1) is 5.41 Å². The van der Waals surface area contributed by atoms with Gasteiger partial charge in [-0.1, -0.05) is 38.5 Å². The third-order valence-corrected chi connectivity index (χ3v) is 2.91. The van der Waals surface area contributed by atoms with Gasteiger partial charge in [0.1, 0.15) is 0 Å². The van der Waals surface area contributed by atoms with Gasteiger partial charge in [0.15, 0.2) is 0 Å². The minimum Gasteiger partial charge on any atom is -0.392 e. The van der Waals surface area contributed by atoms with Crippen LogP contribution < -0.4 is 5.32 Å². The maximum absolute atomic E-state index is 11.8. The molecule has 0 saturated carbocycles. The van der Waals surface area contributed by atoms with Crippen molar-refractivity contribution in [1.29, 1.82) is 0 Å². The van der Waals surface area contributed by atoms with E-state index in [4.69, 9.17) is 5.11 Å². The molecule has 3 nitrogen and oxygen atoms in total. The second kappa shape index (κ2) is 5.83. The lowest BCUT2D eigenvalue weighted by Crippen LogP contribution is -2.13. The van der Waals surface area contributed by atoms with E-state index in [0.717, 1.165) is 11.1 Å². The summed E-state index contributed by atoms with van der Waals surface area (Å²) in [5.41, 5.74) is 2.50. The lowest BCUT2D eigenvalue weighted by atomic mass is 9.87. The molecule has 0 spiro atoms. The monoisotopic (exact) mass is 247 g/mol. The van der Waals surface area contributed by atoms with Crippen LogP contribution in [0.1, 0.15) is 33.3 Å². The predicted molar refractivity (Wildman–Crippen MR) is 74.2 cm³/mol. The zero-order chi connectivity index (χ0) is 13.8. The number of anilines is 1. The van der Waals surface area contributed by atoms with Gasteiger partial charge in [-0.25, -0.2) is 0 Å². The van der Waals surface area contributed by atoms with Gasteiger partial charge in [0.2, 0.25) is 5.91 Å².